The minimum atomic E-state index is 0.852. The van der Waals surface area contributed by atoms with Gasteiger partial charge in [-0.25, -0.2) is 0 Å². The highest BCUT2D eigenvalue weighted by Crippen LogP contribution is 2.29. The summed E-state index contributed by atoms with van der Waals surface area (Å²) in [4.78, 5) is 10.6. The Morgan fingerprint density at radius 2 is 2.25 bits per heavy atom. The molecule has 0 unspecified atom stereocenters. The van der Waals surface area contributed by atoms with Gasteiger partial charge in [-0.2, -0.15) is 0 Å². The molecule has 0 spiro atoms. The molecule has 12 heavy (non-hydrogen) atoms. The molecule has 0 bridgehead atoms. The zero-order valence-corrected chi connectivity index (χ0v) is 6.79. The van der Waals surface area contributed by atoms with Crippen molar-refractivity contribution in [2.75, 3.05) is 0 Å². The van der Waals surface area contributed by atoms with Crippen LogP contribution in [0.2, 0.25) is 0 Å². The van der Waals surface area contributed by atoms with Crippen molar-refractivity contribution >= 4 is 6.29 Å². The summed E-state index contributed by atoms with van der Waals surface area (Å²) in [6, 6.07) is 0. The summed E-state index contributed by atoms with van der Waals surface area (Å²) in [5, 5.41) is 0. The molecular weight excluding hydrogens is 148 g/mol. The van der Waals surface area contributed by atoms with Crippen LogP contribution in [0, 0.1) is 0 Å². The van der Waals surface area contributed by atoms with Gasteiger partial charge in [-0.05, 0) is 24.0 Å². The summed E-state index contributed by atoms with van der Waals surface area (Å²) in [6.07, 6.45) is 13.1. The van der Waals surface area contributed by atoms with Gasteiger partial charge in [0.05, 0.1) is 0 Å². The van der Waals surface area contributed by atoms with Crippen LogP contribution in [-0.4, -0.2) is 6.29 Å². The SMILES string of the molecule is O=CC1=CCC=C1C1=CC=CC1. The number of carbonyl (C=O) groups is 1. The van der Waals surface area contributed by atoms with E-state index in [4.69, 9.17) is 0 Å². The molecule has 60 valence electrons. The monoisotopic (exact) mass is 158 g/mol. The van der Waals surface area contributed by atoms with E-state index in [2.05, 4.69) is 18.2 Å². The molecule has 0 aliphatic heterocycles. The first-order valence-electron chi connectivity index (χ1n) is 4.14. The van der Waals surface area contributed by atoms with Crippen molar-refractivity contribution in [1.29, 1.82) is 0 Å². The molecule has 2 rings (SSSR count). The third-order valence-corrected chi connectivity index (χ3v) is 2.21. The quantitative estimate of drug-likeness (QED) is 0.564. The molecule has 0 aromatic heterocycles. The first kappa shape index (κ1) is 7.29. The molecular formula is C11H10O. The Balaban J connectivity index is 2.25. The fourth-order valence-electron chi connectivity index (χ4n) is 1.61. The average Bonchev–Trinajstić information content (AvgIpc) is 2.74. The van der Waals surface area contributed by atoms with Crippen molar-refractivity contribution in [3.8, 4) is 0 Å². The lowest BCUT2D eigenvalue weighted by atomic mass is 10.0. The minimum absolute atomic E-state index is 0.852. The van der Waals surface area contributed by atoms with Gasteiger partial charge in [-0.1, -0.05) is 30.4 Å². The highest BCUT2D eigenvalue weighted by molar-refractivity contribution is 5.84. The van der Waals surface area contributed by atoms with E-state index in [1.807, 2.05) is 12.2 Å². The van der Waals surface area contributed by atoms with Gasteiger partial charge in [-0.15, -0.1) is 0 Å². The van der Waals surface area contributed by atoms with Crippen molar-refractivity contribution in [3.05, 3.63) is 47.1 Å². The summed E-state index contributed by atoms with van der Waals surface area (Å²) in [5.41, 5.74) is 3.26. The van der Waals surface area contributed by atoms with Crippen LogP contribution in [0.25, 0.3) is 0 Å². The molecule has 0 aromatic rings. The van der Waals surface area contributed by atoms with E-state index >= 15 is 0 Å². The third-order valence-electron chi connectivity index (χ3n) is 2.21. The smallest absolute Gasteiger partial charge is 0.150 e. The van der Waals surface area contributed by atoms with Crippen molar-refractivity contribution in [2.24, 2.45) is 0 Å². The Kier molecular flexibility index (Phi) is 1.78. The predicted molar refractivity (Wildman–Crippen MR) is 48.7 cm³/mol. The largest absolute Gasteiger partial charge is 0.298 e. The number of allylic oxidation sites excluding steroid dienone is 8. The fraction of sp³-hybridized carbons (Fsp3) is 0.182. The van der Waals surface area contributed by atoms with Crippen molar-refractivity contribution in [3.63, 3.8) is 0 Å². The van der Waals surface area contributed by atoms with E-state index in [1.54, 1.807) is 0 Å². The first-order valence-corrected chi connectivity index (χ1v) is 4.14. The number of rotatable bonds is 2. The van der Waals surface area contributed by atoms with Gasteiger partial charge in [0, 0.05) is 5.57 Å². The lowest BCUT2D eigenvalue weighted by molar-refractivity contribution is -0.104. The van der Waals surface area contributed by atoms with Crippen LogP contribution in [0.1, 0.15) is 12.8 Å². The summed E-state index contributed by atoms with van der Waals surface area (Å²) in [7, 11) is 0. The van der Waals surface area contributed by atoms with E-state index in [1.165, 1.54) is 5.57 Å². The lowest BCUT2D eigenvalue weighted by Crippen LogP contribution is -1.90. The number of hydrogen-bond donors (Lipinski definition) is 0. The first-order chi connectivity index (χ1) is 5.92. The average molecular weight is 158 g/mol. The molecule has 0 N–H and O–H groups in total. The molecule has 0 heterocycles. The molecule has 0 amide bonds. The second-order valence-corrected chi connectivity index (χ2v) is 2.96. The van der Waals surface area contributed by atoms with E-state index in [0.29, 0.717) is 0 Å². The Hall–Kier alpha value is -1.37. The second-order valence-electron chi connectivity index (χ2n) is 2.96. The normalized spacial score (nSPS) is 20.5. The van der Waals surface area contributed by atoms with E-state index in [9.17, 15) is 4.79 Å². The van der Waals surface area contributed by atoms with Gasteiger partial charge >= 0.3 is 0 Å². The maximum atomic E-state index is 10.6. The lowest BCUT2D eigenvalue weighted by Gasteiger charge is -2.02. The molecule has 1 nitrogen and oxygen atoms in total. The zero-order valence-electron chi connectivity index (χ0n) is 6.79. The van der Waals surface area contributed by atoms with Crippen LogP contribution < -0.4 is 0 Å². The number of carbonyl (C=O) groups excluding carboxylic acids is 1. The van der Waals surface area contributed by atoms with Crippen molar-refractivity contribution in [2.45, 2.75) is 12.8 Å². The highest BCUT2D eigenvalue weighted by atomic mass is 16.1. The van der Waals surface area contributed by atoms with E-state index in [-0.39, 0.29) is 0 Å². The van der Waals surface area contributed by atoms with Crippen LogP contribution in [0.4, 0.5) is 0 Å². The number of hydrogen-bond acceptors (Lipinski definition) is 1. The Bertz CT molecular complexity index is 327. The van der Waals surface area contributed by atoms with Gasteiger partial charge < -0.3 is 0 Å². The van der Waals surface area contributed by atoms with Gasteiger partial charge in [-0.3, -0.25) is 4.79 Å². The maximum Gasteiger partial charge on any atom is 0.150 e. The molecule has 2 aliphatic carbocycles. The van der Waals surface area contributed by atoms with Gasteiger partial charge in [0.2, 0.25) is 0 Å². The van der Waals surface area contributed by atoms with Gasteiger partial charge in [0.15, 0.2) is 0 Å². The molecule has 0 saturated carbocycles. The number of aldehydes is 1. The predicted octanol–water partition coefficient (Wildman–Crippen LogP) is 2.33. The fourth-order valence-corrected chi connectivity index (χ4v) is 1.61. The van der Waals surface area contributed by atoms with Crippen molar-refractivity contribution in [1.82, 2.24) is 0 Å². The summed E-state index contributed by atoms with van der Waals surface area (Å²) in [6.45, 7) is 0. The van der Waals surface area contributed by atoms with Crippen LogP contribution in [0.5, 0.6) is 0 Å². The van der Waals surface area contributed by atoms with Gasteiger partial charge in [0.1, 0.15) is 6.29 Å². The standard InChI is InChI=1S/C11H10O/c12-8-10-6-3-7-11(10)9-4-1-2-5-9/h1-2,4,6-8H,3,5H2. The molecule has 0 aromatic carbocycles. The van der Waals surface area contributed by atoms with Crippen LogP contribution >= 0.6 is 0 Å². The van der Waals surface area contributed by atoms with E-state index in [0.717, 1.165) is 30.3 Å². The minimum Gasteiger partial charge on any atom is -0.298 e. The third kappa shape index (κ3) is 1.07. The zero-order chi connectivity index (χ0) is 8.39. The van der Waals surface area contributed by atoms with Crippen molar-refractivity contribution < 1.29 is 4.79 Å². The molecule has 0 saturated heterocycles. The van der Waals surface area contributed by atoms with Crippen LogP contribution in [-0.2, 0) is 4.79 Å². The Morgan fingerprint density at radius 3 is 2.92 bits per heavy atom. The maximum absolute atomic E-state index is 10.6. The summed E-state index contributed by atoms with van der Waals surface area (Å²) >= 11 is 0. The molecule has 0 radical (unpaired) electrons. The summed E-state index contributed by atoms with van der Waals surface area (Å²) < 4.78 is 0. The molecule has 0 atom stereocenters. The van der Waals surface area contributed by atoms with Crippen LogP contribution in [0.3, 0.4) is 0 Å². The topological polar surface area (TPSA) is 17.1 Å². The Labute approximate surface area is 71.8 Å². The molecule has 2 aliphatic rings. The Morgan fingerprint density at radius 1 is 1.33 bits per heavy atom. The summed E-state index contributed by atoms with van der Waals surface area (Å²) in [5.74, 6) is 0. The highest BCUT2D eigenvalue weighted by Gasteiger charge is 2.13. The van der Waals surface area contributed by atoms with E-state index < -0.39 is 0 Å². The molecule has 0 fully saturated rings. The van der Waals surface area contributed by atoms with Crippen LogP contribution in [0.15, 0.2) is 47.1 Å². The second kappa shape index (κ2) is 2.94. The van der Waals surface area contributed by atoms with Gasteiger partial charge in [0.25, 0.3) is 0 Å². The molecule has 1 heteroatoms.